The van der Waals surface area contributed by atoms with Gasteiger partial charge in [-0.2, -0.15) is 0 Å². The number of fused-ring (bicyclic) bond motifs is 1. The van der Waals surface area contributed by atoms with E-state index in [2.05, 4.69) is 5.32 Å². The zero-order valence-corrected chi connectivity index (χ0v) is 13.7. The Morgan fingerprint density at radius 3 is 2.00 bits per heavy atom. The van der Waals surface area contributed by atoms with E-state index in [0.717, 1.165) is 4.90 Å². The predicted octanol–water partition coefficient (Wildman–Crippen LogP) is 1.61. The fourth-order valence-electron chi connectivity index (χ4n) is 2.95. The number of carbonyl (C=O) groups is 4. The lowest BCUT2D eigenvalue weighted by molar-refractivity contribution is -0.138. The molecule has 2 aromatic carbocycles. The number of carboxylic acid groups (broad SMARTS) is 1. The van der Waals surface area contributed by atoms with Gasteiger partial charge in [-0.25, -0.2) is 0 Å². The zero-order valence-electron chi connectivity index (χ0n) is 13.7. The fraction of sp³-hybridized carbons (Fsp3) is 0.158. The monoisotopic (exact) mass is 352 g/mol. The van der Waals surface area contributed by atoms with Crippen LogP contribution in [0.2, 0.25) is 0 Å². The Morgan fingerprint density at radius 1 is 0.923 bits per heavy atom. The minimum atomic E-state index is -1.17. The Morgan fingerprint density at radius 2 is 1.46 bits per heavy atom. The average molecular weight is 352 g/mol. The first-order valence-electron chi connectivity index (χ1n) is 7.99. The number of carbonyl (C=O) groups excluding carboxylic acids is 3. The van der Waals surface area contributed by atoms with Gasteiger partial charge in [0, 0.05) is 0 Å². The van der Waals surface area contributed by atoms with Crippen LogP contribution in [0, 0.1) is 0 Å². The molecular weight excluding hydrogens is 336 g/mol. The number of hydrogen-bond acceptors (Lipinski definition) is 4. The number of nitrogens with zero attached hydrogens (tertiary/aromatic N) is 1. The largest absolute Gasteiger partial charge is 0.480 e. The summed E-state index contributed by atoms with van der Waals surface area (Å²) in [7, 11) is 0. The molecule has 0 radical (unpaired) electrons. The highest BCUT2D eigenvalue weighted by Gasteiger charge is 2.41. The molecule has 1 aliphatic rings. The van der Waals surface area contributed by atoms with Crippen molar-refractivity contribution >= 4 is 23.7 Å². The van der Waals surface area contributed by atoms with E-state index in [1.807, 2.05) is 0 Å². The third-order valence-corrected chi connectivity index (χ3v) is 4.14. The summed E-state index contributed by atoms with van der Waals surface area (Å²) in [6.07, 6.45) is -0.219. The van der Waals surface area contributed by atoms with Crippen LogP contribution in [0.1, 0.15) is 38.7 Å². The first-order valence-corrected chi connectivity index (χ1v) is 7.99. The second-order valence-electron chi connectivity index (χ2n) is 5.83. The van der Waals surface area contributed by atoms with Crippen molar-refractivity contribution in [2.75, 3.05) is 6.54 Å². The third kappa shape index (κ3) is 3.32. The van der Waals surface area contributed by atoms with Gasteiger partial charge in [0.1, 0.15) is 6.54 Å². The Kier molecular flexibility index (Phi) is 4.79. The highest BCUT2D eigenvalue weighted by atomic mass is 16.4. The van der Waals surface area contributed by atoms with Gasteiger partial charge in [0.05, 0.1) is 23.6 Å². The molecule has 132 valence electrons. The quantitative estimate of drug-likeness (QED) is 0.769. The molecule has 0 spiro atoms. The third-order valence-electron chi connectivity index (χ3n) is 4.14. The molecule has 0 aliphatic carbocycles. The van der Waals surface area contributed by atoms with Gasteiger partial charge in [-0.3, -0.25) is 24.1 Å². The number of carboxylic acids is 1. The average Bonchev–Trinajstić information content (AvgIpc) is 2.90. The second kappa shape index (κ2) is 7.18. The van der Waals surface area contributed by atoms with Crippen LogP contribution in [-0.2, 0) is 9.59 Å². The molecule has 0 saturated carbocycles. The van der Waals surface area contributed by atoms with E-state index in [0.29, 0.717) is 16.7 Å². The first kappa shape index (κ1) is 17.3. The van der Waals surface area contributed by atoms with Crippen LogP contribution in [-0.4, -0.2) is 40.2 Å². The topological polar surface area (TPSA) is 104 Å². The van der Waals surface area contributed by atoms with Crippen LogP contribution < -0.4 is 5.32 Å². The van der Waals surface area contributed by atoms with Crippen molar-refractivity contribution in [3.05, 3.63) is 71.3 Å². The van der Waals surface area contributed by atoms with Crippen molar-refractivity contribution in [1.29, 1.82) is 0 Å². The number of imide groups is 1. The maximum Gasteiger partial charge on any atom is 0.322 e. The Hall–Kier alpha value is -3.48. The number of benzene rings is 2. The standard InChI is InChI=1S/C19H16N2O5/c22-16(20-11-17(23)24)10-15(12-6-2-1-3-7-12)21-18(25)13-8-4-5-9-14(13)19(21)26/h1-9,15H,10-11H2,(H,20,22)(H,23,24). The van der Waals surface area contributed by atoms with Crippen molar-refractivity contribution in [3.63, 3.8) is 0 Å². The van der Waals surface area contributed by atoms with Gasteiger partial charge < -0.3 is 10.4 Å². The van der Waals surface area contributed by atoms with Crippen LogP contribution in [0.25, 0.3) is 0 Å². The van der Waals surface area contributed by atoms with Gasteiger partial charge in [-0.15, -0.1) is 0 Å². The molecule has 2 N–H and O–H groups in total. The van der Waals surface area contributed by atoms with E-state index in [4.69, 9.17) is 5.11 Å². The Balaban J connectivity index is 1.92. The maximum absolute atomic E-state index is 12.7. The predicted molar refractivity (Wildman–Crippen MR) is 91.4 cm³/mol. The van der Waals surface area contributed by atoms with E-state index in [1.54, 1.807) is 54.6 Å². The summed E-state index contributed by atoms with van der Waals surface area (Å²) in [6, 6.07) is 14.4. The fourth-order valence-corrected chi connectivity index (χ4v) is 2.95. The van der Waals surface area contributed by atoms with Gasteiger partial charge in [-0.1, -0.05) is 42.5 Å². The summed E-state index contributed by atoms with van der Waals surface area (Å²) < 4.78 is 0. The number of rotatable bonds is 6. The summed E-state index contributed by atoms with van der Waals surface area (Å²) in [5.41, 5.74) is 1.21. The lowest BCUT2D eigenvalue weighted by Crippen LogP contribution is -2.38. The highest BCUT2D eigenvalue weighted by Crippen LogP contribution is 2.33. The molecule has 1 heterocycles. The van der Waals surface area contributed by atoms with E-state index < -0.39 is 36.3 Å². The number of hydrogen-bond donors (Lipinski definition) is 2. The summed E-state index contributed by atoms with van der Waals surface area (Å²) in [6.45, 7) is -0.525. The van der Waals surface area contributed by atoms with Crippen LogP contribution in [0.5, 0.6) is 0 Å². The molecule has 7 nitrogen and oxygen atoms in total. The summed E-state index contributed by atoms with van der Waals surface area (Å²) >= 11 is 0. The van der Waals surface area contributed by atoms with Crippen LogP contribution in [0.4, 0.5) is 0 Å². The van der Waals surface area contributed by atoms with E-state index in [-0.39, 0.29) is 6.42 Å². The lowest BCUT2D eigenvalue weighted by Gasteiger charge is -2.26. The van der Waals surface area contributed by atoms with Crippen molar-refractivity contribution in [2.24, 2.45) is 0 Å². The van der Waals surface area contributed by atoms with Gasteiger partial charge >= 0.3 is 5.97 Å². The zero-order chi connectivity index (χ0) is 18.7. The molecule has 0 bridgehead atoms. The molecule has 7 heteroatoms. The van der Waals surface area contributed by atoms with Crippen molar-refractivity contribution < 1.29 is 24.3 Å². The first-order chi connectivity index (χ1) is 12.5. The van der Waals surface area contributed by atoms with Crippen LogP contribution >= 0.6 is 0 Å². The SMILES string of the molecule is O=C(O)CNC(=O)CC(c1ccccc1)N1C(=O)c2ccccc2C1=O. The Labute approximate surface area is 149 Å². The molecule has 0 fully saturated rings. The van der Waals surface area contributed by atoms with Crippen molar-refractivity contribution in [2.45, 2.75) is 12.5 Å². The van der Waals surface area contributed by atoms with Crippen LogP contribution in [0.3, 0.4) is 0 Å². The molecule has 0 saturated heterocycles. The van der Waals surface area contributed by atoms with Gasteiger partial charge in [0.15, 0.2) is 0 Å². The van der Waals surface area contributed by atoms with Crippen LogP contribution in [0.15, 0.2) is 54.6 Å². The molecule has 3 amide bonds. The van der Waals surface area contributed by atoms with E-state index >= 15 is 0 Å². The minimum absolute atomic E-state index is 0.219. The van der Waals surface area contributed by atoms with E-state index in [1.165, 1.54) is 0 Å². The summed E-state index contributed by atoms with van der Waals surface area (Å²) in [4.78, 5) is 49.4. The molecule has 3 rings (SSSR count). The molecule has 0 aromatic heterocycles. The molecule has 1 aliphatic heterocycles. The summed E-state index contributed by atoms with van der Waals surface area (Å²) in [5, 5.41) is 11.0. The number of nitrogens with one attached hydrogen (secondary N) is 1. The minimum Gasteiger partial charge on any atom is -0.480 e. The smallest absolute Gasteiger partial charge is 0.322 e. The lowest BCUT2D eigenvalue weighted by atomic mass is 10.0. The van der Waals surface area contributed by atoms with Gasteiger partial charge in [-0.05, 0) is 17.7 Å². The molecular formula is C19H16N2O5. The van der Waals surface area contributed by atoms with Gasteiger partial charge in [0.25, 0.3) is 11.8 Å². The van der Waals surface area contributed by atoms with Crippen molar-refractivity contribution in [1.82, 2.24) is 10.2 Å². The molecule has 1 atom stereocenters. The highest BCUT2D eigenvalue weighted by molar-refractivity contribution is 6.21. The second-order valence-corrected chi connectivity index (χ2v) is 5.83. The maximum atomic E-state index is 12.7. The number of amides is 3. The normalized spacial score (nSPS) is 14.1. The van der Waals surface area contributed by atoms with Crippen molar-refractivity contribution in [3.8, 4) is 0 Å². The summed E-state index contributed by atoms with van der Waals surface area (Å²) in [5.74, 6) is -2.66. The molecule has 26 heavy (non-hydrogen) atoms. The molecule has 1 unspecified atom stereocenters. The number of aliphatic carboxylic acids is 1. The van der Waals surface area contributed by atoms with Gasteiger partial charge in [0.2, 0.25) is 5.91 Å². The Bertz CT molecular complexity index is 844. The van der Waals surface area contributed by atoms with E-state index in [9.17, 15) is 19.2 Å². The molecule has 2 aromatic rings.